The molecular formula is C18H25NO3S. The molecule has 3 rings (SSSR count). The Bertz CT molecular complexity index is 587. The van der Waals surface area contributed by atoms with Gasteiger partial charge in [-0.05, 0) is 51.0 Å². The molecule has 0 bridgehead atoms. The van der Waals surface area contributed by atoms with Gasteiger partial charge in [0.2, 0.25) is 5.91 Å². The zero-order chi connectivity index (χ0) is 16.2. The van der Waals surface area contributed by atoms with E-state index in [4.69, 9.17) is 4.74 Å². The van der Waals surface area contributed by atoms with Crippen LogP contribution in [-0.2, 0) is 22.4 Å². The fraction of sp³-hybridized carbons (Fsp3) is 0.667. The Morgan fingerprint density at radius 1 is 1.13 bits per heavy atom. The zero-order valence-electron chi connectivity index (χ0n) is 13.8. The first-order valence-corrected chi connectivity index (χ1v) is 9.65. The van der Waals surface area contributed by atoms with Gasteiger partial charge in [0.1, 0.15) is 5.00 Å². The van der Waals surface area contributed by atoms with Gasteiger partial charge in [0.05, 0.1) is 12.2 Å². The number of aryl methyl sites for hydroxylation is 1. The van der Waals surface area contributed by atoms with Crippen LogP contribution in [0.1, 0.15) is 72.7 Å². The van der Waals surface area contributed by atoms with Crippen molar-refractivity contribution < 1.29 is 14.3 Å². The molecular weight excluding hydrogens is 310 g/mol. The van der Waals surface area contributed by atoms with E-state index in [0.29, 0.717) is 17.2 Å². The molecule has 0 aliphatic heterocycles. The first kappa shape index (κ1) is 16.5. The lowest BCUT2D eigenvalue weighted by Crippen LogP contribution is -2.21. The van der Waals surface area contributed by atoms with E-state index in [9.17, 15) is 9.59 Å². The number of rotatable bonds is 4. The number of carbonyl (C=O) groups excluding carboxylic acids is 2. The van der Waals surface area contributed by atoms with Gasteiger partial charge >= 0.3 is 5.97 Å². The number of esters is 1. The molecule has 0 radical (unpaired) electrons. The summed E-state index contributed by atoms with van der Waals surface area (Å²) in [7, 11) is 0. The van der Waals surface area contributed by atoms with Crippen LogP contribution >= 0.6 is 11.3 Å². The van der Waals surface area contributed by atoms with Crippen molar-refractivity contribution in [3.8, 4) is 0 Å². The maximum atomic E-state index is 12.5. The van der Waals surface area contributed by atoms with Gasteiger partial charge in [-0.1, -0.05) is 19.3 Å². The van der Waals surface area contributed by atoms with E-state index in [2.05, 4.69) is 5.32 Å². The van der Waals surface area contributed by atoms with Crippen LogP contribution in [0.3, 0.4) is 0 Å². The molecule has 4 nitrogen and oxygen atoms in total. The fourth-order valence-corrected chi connectivity index (χ4v) is 4.93. The number of ether oxygens (including phenoxy) is 1. The van der Waals surface area contributed by atoms with Crippen LogP contribution in [0.2, 0.25) is 0 Å². The summed E-state index contributed by atoms with van der Waals surface area (Å²) in [6, 6.07) is 0. The lowest BCUT2D eigenvalue weighted by Gasteiger charge is -2.11. The van der Waals surface area contributed by atoms with Crippen LogP contribution in [0, 0.1) is 5.92 Å². The van der Waals surface area contributed by atoms with Crippen LogP contribution in [0.15, 0.2) is 0 Å². The summed E-state index contributed by atoms with van der Waals surface area (Å²) in [6.07, 6.45) is 9.57. The molecule has 0 atom stereocenters. The summed E-state index contributed by atoms with van der Waals surface area (Å²) in [5.41, 5.74) is 1.74. The van der Waals surface area contributed by atoms with Gasteiger partial charge in [0.25, 0.3) is 0 Å². The van der Waals surface area contributed by atoms with E-state index in [1.54, 1.807) is 11.3 Å². The zero-order valence-corrected chi connectivity index (χ0v) is 14.6. The predicted molar refractivity (Wildman–Crippen MR) is 92.1 cm³/mol. The molecule has 1 fully saturated rings. The second kappa shape index (κ2) is 7.47. The van der Waals surface area contributed by atoms with Gasteiger partial charge in [-0.2, -0.15) is 0 Å². The Morgan fingerprint density at radius 3 is 2.61 bits per heavy atom. The van der Waals surface area contributed by atoms with Crippen molar-refractivity contribution in [3.05, 3.63) is 16.0 Å². The molecule has 0 saturated heterocycles. The van der Waals surface area contributed by atoms with E-state index < -0.39 is 0 Å². The van der Waals surface area contributed by atoms with Crippen molar-refractivity contribution in [2.75, 3.05) is 11.9 Å². The third-order valence-corrected chi connectivity index (χ3v) is 6.07. The molecule has 0 spiro atoms. The Balaban J connectivity index is 1.88. The van der Waals surface area contributed by atoms with E-state index in [1.165, 1.54) is 11.3 Å². The van der Waals surface area contributed by atoms with Crippen molar-refractivity contribution in [3.63, 3.8) is 0 Å². The number of hydrogen-bond acceptors (Lipinski definition) is 4. The number of hydrogen-bond donors (Lipinski definition) is 1. The maximum absolute atomic E-state index is 12.5. The molecule has 23 heavy (non-hydrogen) atoms. The molecule has 1 heterocycles. The van der Waals surface area contributed by atoms with Crippen LogP contribution in [0.4, 0.5) is 5.00 Å². The maximum Gasteiger partial charge on any atom is 0.341 e. The topological polar surface area (TPSA) is 55.4 Å². The molecule has 5 heteroatoms. The van der Waals surface area contributed by atoms with Crippen LogP contribution in [-0.4, -0.2) is 18.5 Å². The standard InChI is InChI=1S/C18H25NO3S/c1-2-22-18(21)15-13-10-4-3-5-11-14(13)23-17(15)19-16(20)12-8-6-7-9-12/h12H,2-11H2,1H3,(H,19,20). The van der Waals surface area contributed by atoms with Gasteiger partial charge in [-0.15, -0.1) is 11.3 Å². The van der Waals surface area contributed by atoms with Crippen molar-refractivity contribution in [2.45, 2.75) is 64.7 Å². The number of thiophene rings is 1. The highest BCUT2D eigenvalue weighted by molar-refractivity contribution is 7.17. The largest absolute Gasteiger partial charge is 0.462 e. The highest BCUT2D eigenvalue weighted by atomic mass is 32.1. The van der Waals surface area contributed by atoms with Crippen molar-refractivity contribution in [1.29, 1.82) is 0 Å². The lowest BCUT2D eigenvalue weighted by molar-refractivity contribution is -0.119. The molecule has 0 unspecified atom stereocenters. The minimum atomic E-state index is -0.284. The van der Waals surface area contributed by atoms with Gasteiger partial charge in [0.15, 0.2) is 0 Å². The summed E-state index contributed by atoms with van der Waals surface area (Å²) < 4.78 is 5.26. The average molecular weight is 335 g/mol. The molecule has 126 valence electrons. The smallest absolute Gasteiger partial charge is 0.341 e. The third-order valence-electron chi connectivity index (χ3n) is 4.86. The Labute approximate surface area is 141 Å². The first-order valence-electron chi connectivity index (χ1n) is 8.83. The van der Waals surface area contributed by atoms with E-state index in [0.717, 1.165) is 56.9 Å². The first-order chi connectivity index (χ1) is 11.2. The molecule has 2 aliphatic rings. The number of nitrogens with one attached hydrogen (secondary N) is 1. The van der Waals surface area contributed by atoms with Gasteiger partial charge < -0.3 is 10.1 Å². The molecule has 1 aromatic rings. The molecule has 1 aromatic heterocycles. The number of anilines is 1. The minimum Gasteiger partial charge on any atom is -0.462 e. The normalized spacial score (nSPS) is 18.3. The molecule has 0 aromatic carbocycles. The second-order valence-electron chi connectivity index (χ2n) is 6.46. The van der Waals surface area contributed by atoms with Crippen molar-refractivity contribution >= 4 is 28.2 Å². The predicted octanol–water partition coefficient (Wildman–Crippen LogP) is 4.32. The summed E-state index contributed by atoms with van der Waals surface area (Å²) in [5.74, 6) is -0.106. The van der Waals surface area contributed by atoms with Crippen LogP contribution in [0.5, 0.6) is 0 Å². The van der Waals surface area contributed by atoms with E-state index in [1.807, 2.05) is 6.92 Å². The molecule has 2 aliphatic carbocycles. The molecule has 1 N–H and O–H groups in total. The monoisotopic (exact) mass is 335 g/mol. The molecule has 1 saturated carbocycles. The van der Waals surface area contributed by atoms with Gasteiger partial charge in [-0.25, -0.2) is 4.79 Å². The second-order valence-corrected chi connectivity index (χ2v) is 7.56. The summed E-state index contributed by atoms with van der Waals surface area (Å²) in [6.45, 7) is 2.18. The average Bonchev–Trinajstić information content (AvgIpc) is 3.11. The third kappa shape index (κ3) is 3.60. The van der Waals surface area contributed by atoms with Crippen LogP contribution < -0.4 is 5.32 Å². The SMILES string of the molecule is CCOC(=O)c1c(NC(=O)C2CCCC2)sc2c1CCCCC2. The fourth-order valence-electron chi connectivity index (χ4n) is 3.65. The number of fused-ring (bicyclic) bond motifs is 1. The van der Waals surface area contributed by atoms with Crippen molar-refractivity contribution in [2.24, 2.45) is 5.92 Å². The van der Waals surface area contributed by atoms with E-state index in [-0.39, 0.29) is 17.8 Å². The van der Waals surface area contributed by atoms with Gasteiger partial charge in [0, 0.05) is 10.8 Å². The minimum absolute atomic E-state index is 0.0736. The highest BCUT2D eigenvalue weighted by Crippen LogP contribution is 2.38. The summed E-state index contributed by atoms with van der Waals surface area (Å²) in [4.78, 5) is 26.2. The number of amides is 1. The van der Waals surface area contributed by atoms with E-state index >= 15 is 0 Å². The lowest BCUT2D eigenvalue weighted by atomic mass is 10.0. The number of carbonyl (C=O) groups is 2. The molecule has 1 amide bonds. The summed E-state index contributed by atoms with van der Waals surface area (Å²) in [5, 5.41) is 3.76. The Kier molecular flexibility index (Phi) is 5.36. The highest BCUT2D eigenvalue weighted by Gasteiger charge is 2.29. The summed E-state index contributed by atoms with van der Waals surface area (Å²) >= 11 is 1.58. The quantitative estimate of drug-likeness (QED) is 0.658. The van der Waals surface area contributed by atoms with Crippen molar-refractivity contribution in [1.82, 2.24) is 0 Å². The van der Waals surface area contributed by atoms with Crippen LogP contribution in [0.25, 0.3) is 0 Å². The Hall–Kier alpha value is -1.36. The Morgan fingerprint density at radius 2 is 1.87 bits per heavy atom. The van der Waals surface area contributed by atoms with Gasteiger partial charge in [-0.3, -0.25) is 4.79 Å².